The first kappa shape index (κ1) is 27.9. The maximum atomic E-state index is 12.3. The zero-order valence-electron chi connectivity index (χ0n) is 19.4. The maximum absolute atomic E-state index is 12.3. The Balaban J connectivity index is 0.000000463. The summed E-state index contributed by atoms with van der Waals surface area (Å²) in [6, 6.07) is 8.23. The van der Waals surface area contributed by atoms with E-state index in [9.17, 15) is 8.78 Å². The molecule has 0 spiro atoms. The lowest BCUT2D eigenvalue weighted by Crippen LogP contribution is -2.21. The number of rotatable bonds is 7. The highest BCUT2D eigenvalue weighted by molar-refractivity contribution is 6.33. The summed E-state index contributed by atoms with van der Waals surface area (Å²) < 4.78 is 29.0. The molecule has 4 rings (SSSR count). The van der Waals surface area contributed by atoms with E-state index >= 15 is 0 Å². The van der Waals surface area contributed by atoms with Gasteiger partial charge in [-0.15, -0.1) is 0 Å². The average molecular weight is 507 g/mol. The first-order valence-electron chi connectivity index (χ1n) is 11.0. The van der Waals surface area contributed by atoms with Gasteiger partial charge in [0.15, 0.2) is 0 Å². The molecule has 0 bridgehead atoms. The predicted octanol–water partition coefficient (Wildman–Crippen LogP) is 5.02. The molecule has 1 saturated heterocycles. The molecule has 11 heteroatoms. The Morgan fingerprint density at radius 1 is 1.11 bits per heavy atom. The van der Waals surface area contributed by atoms with Crippen molar-refractivity contribution in [3.8, 4) is 17.0 Å². The van der Waals surface area contributed by atoms with Crippen LogP contribution in [-0.2, 0) is 11.3 Å². The van der Waals surface area contributed by atoms with Gasteiger partial charge in [-0.3, -0.25) is 4.98 Å². The lowest BCUT2D eigenvalue weighted by Gasteiger charge is -2.10. The molecule has 2 aromatic heterocycles. The van der Waals surface area contributed by atoms with Crippen molar-refractivity contribution >= 4 is 30.0 Å². The molecule has 8 nitrogen and oxygen atoms in total. The quantitative estimate of drug-likeness (QED) is 0.410. The number of halogens is 3. The highest BCUT2D eigenvalue weighted by atomic mass is 35.5. The summed E-state index contributed by atoms with van der Waals surface area (Å²) in [5, 5.41) is 9.79. The van der Waals surface area contributed by atoms with E-state index in [1.807, 2.05) is 6.79 Å². The summed E-state index contributed by atoms with van der Waals surface area (Å²) in [6.07, 6.45) is 8.92. The topological polar surface area (TPSA) is 101 Å². The molecule has 35 heavy (non-hydrogen) atoms. The number of alkyl halides is 2. The largest absolute Gasteiger partial charge is 0.435 e. The zero-order chi connectivity index (χ0) is 25.5. The van der Waals surface area contributed by atoms with Gasteiger partial charge in [0, 0.05) is 25.4 Å². The van der Waals surface area contributed by atoms with E-state index in [0.29, 0.717) is 34.5 Å². The van der Waals surface area contributed by atoms with Crippen molar-refractivity contribution in [1.29, 1.82) is 0 Å². The summed E-state index contributed by atoms with van der Waals surface area (Å²) in [7, 11) is 1.76. The van der Waals surface area contributed by atoms with Gasteiger partial charge < -0.3 is 25.5 Å². The van der Waals surface area contributed by atoms with Crippen LogP contribution >= 0.6 is 11.6 Å². The van der Waals surface area contributed by atoms with Crippen LogP contribution in [0.25, 0.3) is 11.3 Å². The van der Waals surface area contributed by atoms with Crippen molar-refractivity contribution < 1.29 is 18.3 Å². The maximum Gasteiger partial charge on any atom is 0.387 e. The van der Waals surface area contributed by atoms with Crippen LogP contribution < -0.4 is 20.7 Å². The van der Waals surface area contributed by atoms with Crippen molar-refractivity contribution in [3.63, 3.8) is 0 Å². The number of nitrogens with zero attached hydrogens (tertiary/aromatic N) is 3. The van der Waals surface area contributed by atoms with E-state index in [1.54, 1.807) is 43.8 Å². The number of carbonyl (C=O) groups excluding carboxylic acids is 1. The van der Waals surface area contributed by atoms with Crippen molar-refractivity contribution in [1.82, 2.24) is 20.3 Å². The van der Waals surface area contributed by atoms with Gasteiger partial charge in [-0.05, 0) is 49.7 Å². The van der Waals surface area contributed by atoms with E-state index in [4.69, 9.17) is 16.4 Å². The Kier molecular flexibility index (Phi) is 12.4. The Hall–Kier alpha value is -3.37. The summed E-state index contributed by atoms with van der Waals surface area (Å²) in [5.41, 5.74) is 2.04. The van der Waals surface area contributed by atoms with Crippen molar-refractivity contribution in [2.24, 2.45) is 0 Å². The first-order valence-corrected chi connectivity index (χ1v) is 11.4. The molecule has 1 aliphatic rings. The number of aromatic nitrogens is 3. The van der Waals surface area contributed by atoms with Crippen LogP contribution in [0.5, 0.6) is 5.75 Å². The molecule has 3 N–H and O–H groups in total. The minimum atomic E-state index is -2.86. The van der Waals surface area contributed by atoms with Crippen molar-refractivity contribution in [2.45, 2.75) is 32.4 Å². The van der Waals surface area contributed by atoms with E-state index < -0.39 is 6.61 Å². The second-order valence-electron chi connectivity index (χ2n) is 7.28. The molecule has 3 heterocycles. The minimum Gasteiger partial charge on any atom is -0.435 e. The first-order chi connectivity index (χ1) is 17.0. The van der Waals surface area contributed by atoms with Gasteiger partial charge in [0.05, 0.1) is 23.1 Å². The molecule has 188 valence electrons. The van der Waals surface area contributed by atoms with Crippen LogP contribution in [-0.4, -0.2) is 48.5 Å². The fourth-order valence-corrected chi connectivity index (χ4v) is 3.38. The highest BCUT2D eigenvalue weighted by Gasteiger charge is 2.09. The minimum absolute atomic E-state index is 0.104. The summed E-state index contributed by atoms with van der Waals surface area (Å²) in [4.78, 5) is 20.8. The van der Waals surface area contributed by atoms with E-state index in [1.165, 1.54) is 44.5 Å². The smallest absolute Gasteiger partial charge is 0.387 e. The molecule has 0 radical (unpaired) electrons. The van der Waals surface area contributed by atoms with Crippen LogP contribution in [0, 0.1) is 0 Å². The third kappa shape index (κ3) is 9.79. The molecule has 3 aromatic rings. The van der Waals surface area contributed by atoms with E-state index in [0.717, 1.165) is 5.56 Å². The Morgan fingerprint density at radius 3 is 2.51 bits per heavy atom. The molecular formula is C24H29ClF2N6O2. The normalized spacial score (nSPS) is 12.5. The van der Waals surface area contributed by atoms with Gasteiger partial charge in [-0.25, -0.2) is 9.97 Å². The number of hydrogen-bond donors (Lipinski definition) is 3. The van der Waals surface area contributed by atoms with E-state index in [-0.39, 0.29) is 5.75 Å². The van der Waals surface area contributed by atoms with Gasteiger partial charge in [-0.1, -0.05) is 30.2 Å². The third-order valence-corrected chi connectivity index (χ3v) is 5.13. The van der Waals surface area contributed by atoms with Gasteiger partial charge >= 0.3 is 6.61 Å². The number of benzene rings is 1. The summed E-state index contributed by atoms with van der Waals surface area (Å²) in [5.74, 6) is 1.28. The number of ether oxygens (including phenoxy) is 1. The second-order valence-corrected chi connectivity index (χ2v) is 7.69. The molecule has 0 aliphatic carbocycles. The average Bonchev–Trinajstić information content (AvgIpc) is 2.90. The van der Waals surface area contributed by atoms with Gasteiger partial charge in [-0.2, -0.15) is 8.78 Å². The van der Waals surface area contributed by atoms with Crippen LogP contribution in [0.2, 0.25) is 5.02 Å². The third-order valence-electron chi connectivity index (χ3n) is 4.83. The Bertz CT molecular complexity index is 1030. The van der Waals surface area contributed by atoms with Gasteiger partial charge in [0.25, 0.3) is 0 Å². The SMILES string of the molecule is C1CCNCC1.C=O.CNc1cc(-c2cncc(NCc3cccc(OC(F)F)c3)n2)c(Cl)cn1. The molecule has 1 aromatic carbocycles. The second kappa shape index (κ2) is 15.5. The number of carbonyl (C=O) groups is 1. The highest BCUT2D eigenvalue weighted by Crippen LogP contribution is 2.28. The molecule has 1 fully saturated rings. The standard InChI is InChI=1S/C18H16ClF2N5O.C5H11N.CH2O/c1-22-16-6-13(14(19)8-25-16)15-9-23-10-17(26-15)24-7-11-3-2-4-12(5-11)27-18(20)21;1-2-4-6-5-3-1;1-2/h2-6,8-10,18H,7H2,1H3,(H,22,25)(H,24,26);6H,1-5H2;1H2. The monoisotopic (exact) mass is 506 g/mol. The van der Waals surface area contributed by atoms with Crippen LogP contribution in [0.3, 0.4) is 0 Å². The summed E-state index contributed by atoms with van der Waals surface area (Å²) >= 11 is 6.22. The molecule has 0 amide bonds. The number of anilines is 2. The zero-order valence-corrected chi connectivity index (χ0v) is 20.2. The Morgan fingerprint density at radius 2 is 1.89 bits per heavy atom. The molecule has 0 atom stereocenters. The fraction of sp³-hybridized carbons (Fsp3) is 0.333. The Labute approximate surface area is 208 Å². The molecule has 0 unspecified atom stereocenters. The molecular weight excluding hydrogens is 478 g/mol. The predicted molar refractivity (Wildman–Crippen MR) is 134 cm³/mol. The van der Waals surface area contributed by atoms with E-state index in [2.05, 4.69) is 35.6 Å². The molecule has 1 aliphatic heterocycles. The van der Waals surface area contributed by atoms with Gasteiger partial charge in [0.2, 0.25) is 0 Å². The number of pyridine rings is 1. The van der Waals surface area contributed by atoms with Crippen LogP contribution in [0.1, 0.15) is 24.8 Å². The number of piperidine rings is 1. The van der Waals surface area contributed by atoms with Crippen molar-refractivity contribution in [3.05, 3.63) is 59.5 Å². The fourth-order valence-electron chi connectivity index (χ4n) is 3.18. The lowest BCUT2D eigenvalue weighted by atomic mass is 10.2. The lowest BCUT2D eigenvalue weighted by molar-refractivity contribution is -0.0980. The van der Waals surface area contributed by atoms with Crippen molar-refractivity contribution in [2.75, 3.05) is 30.8 Å². The van der Waals surface area contributed by atoms with Gasteiger partial charge in [0.1, 0.15) is 24.2 Å². The number of nitrogens with one attached hydrogen (secondary N) is 3. The number of hydrogen-bond acceptors (Lipinski definition) is 8. The molecule has 0 saturated carbocycles. The van der Waals surface area contributed by atoms with Crippen LogP contribution in [0.4, 0.5) is 20.4 Å². The van der Waals surface area contributed by atoms with Crippen LogP contribution in [0.15, 0.2) is 48.9 Å². The summed E-state index contributed by atoms with van der Waals surface area (Å²) in [6.45, 7) is 2.01.